The Morgan fingerprint density at radius 3 is 2.71 bits per heavy atom. The van der Waals surface area contributed by atoms with Crippen LogP contribution in [-0.2, 0) is 13.5 Å². The lowest BCUT2D eigenvalue weighted by Crippen LogP contribution is -2.02. The number of halogens is 2. The lowest BCUT2D eigenvalue weighted by Gasteiger charge is -2.08. The molecule has 0 amide bonds. The van der Waals surface area contributed by atoms with Crippen molar-refractivity contribution in [3.63, 3.8) is 0 Å². The fourth-order valence-corrected chi connectivity index (χ4v) is 1.92. The molecule has 0 radical (unpaired) electrons. The van der Waals surface area contributed by atoms with E-state index in [0.29, 0.717) is 22.2 Å². The van der Waals surface area contributed by atoms with Crippen LogP contribution in [-0.4, -0.2) is 14.7 Å². The number of aliphatic hydroxyl groups is 1. The Morgan fingerprint density at radius 2 is 2.12 bits per heavy atom. The molecule has 1 aromatic heterocycles. The molecule has 0 saturated heterocycles. The molecule has 5 heteroatoms. The first-order valence-corrected chi connectivity index (χ1v) is 5.91. The molecule has 1 unspecified atom stereocenters. The van der Waals surface area contributed by atoms with Gasteiger partial charge in [-0.05, 0) is 17.7 Å². The monoisotopic (exact) mass is 270 g/mol. The molecule has 2 rings (SSSR count). The molecule has 0 aliphatic heterocycles. The highest BCUT2D eigenvalue weighted by atomic mass is 35.5. The van der Waals surface area contributed by atoms with Crippen molar-refractivity contribution in [2.45, 2.75) is 12.5 Å². The fourth-order valence-electron chi connectivity index (χ4n) is 1.60. The maximum atomic E-state index is 10.00. The minimum atomic E-state index is -0.631. The van der Waals surface area contributed by atoms with Gasteiger partial charge in [-0.3, -0.25) is 0 Å². The van der Waals surface area contributed by atoms with Gasteiger partial charge in [0.25, 0.3) is 0 Å². The van der Waals surface area contributed by atoms with Crippen LogP contribution >= 0.6 is 23.2 Å². The number of benzene rings is 1. The number of imidazole rings is 1. The van der Waals surface area contributed by atoms with Crippen LogP contribution in [0.15, 0.2) is 30.7 Å². The van der Waals surface area contributed by atoms with Crippen molar-refractivity contribution in [1.82, 2.24) is 9.55 Å². The minimum absolute atomic E-state index is 0.466. The van der Waals surface area contributed by atoms with Crippen LogP contribution in [0.4, 0.5) is 0 Å². The molecule has 1 aromatic carbocycles. The van der Waals surface area contributed by atoms with E-state index >= 15 is 0 Å². The quantitative estimate of drug-likeness (QED) is 0.931. The van der Waals surface area contributed by atoms with Crippen LogP contribution in [0.25, 0.3) is 0 Å². The summed E-state index contributed by atoms with van der Waals surface area (Å²) in [5.41, 5.74) is 1.58. The average Bonchev–Trinajstić information content (AvgIpc) is 2.70. The summed E-state index contributed by atoms with van der Waals surface area (Å²) in [5.74, 6) is 0. The van der Waals surface area contributed by atoms with Crippen LogP contribution < -0.4 is 0 Å². The lowest BCUT2D eigenvalue weighted by molar-refractivity contribution is 0.174. The Labute approximate surface area is 110 Å². The maximum absolute atomic E-state index is 10.00. The van der Waals surface area contributed by atoms with E-state index in [1.165, 1.54) is 0 Å². The largest absolute Gasteiger partial charge is 0.386 e. The number of aliphatic hydroxyl groups excluding tert-OH is 1. The highest BCUT2D eigenvalue weighted by molar-refractivity contribution is 6.42. The standard InChI is InChI=1S/C12H12Cl2N2O/c1-16-6-11(15-7-16)12(17)5-8-2-3-9(13)10(14)4-8/h2-4,6-7,12,17H,5H2,1H3. The van der Waals surface area contributed by atoms with Crippen molar-refractivity contribution in [2.75, 3.05) is 0 Å². The maximum Gasteiger partial charge on any atom is 0.101 e. The van der Waals surface area contributed by atoms with Gasteiger partial charge in [0.05, 0.1) is 22.1 Å². The SMILES string of the molecule is Cn1cnc(C(O)Cc2ccc(Cl)c(Cl)c2)c1. The zero-order valence-electron chi connectivity index (χ0n) is 9.27. The Bertz CT molecular complexity index is 525. The highest BCUT2D eigenvalue weighted by Crippen LogP contribution is 2.25. The molecule has 2 aromatic rings. The molecule has 0 fully saturated rings. The summed E-state index contributed by atoms with van der Waals surface area (Å²) in [5, 5.41) is 11.0. The van der Waals surface area contributed by atoms with E-state index in [2.05, 4.69) is 4.98 Å². The summed E-state index contributed by atoms with van der Waals surface area (Å²) >= 11 is 11.7. The smallest absolute Gasteiger partial charge is 0.101 e. The van der Waals surface area contributed by atoms with Crippen molar-refractivity contribution >= 4 is 23.2 Å². The Kier molecular flexibility index (Phi) is 3.72. The van der Waals surface area contributed by atoms with Gasteiger partial charge in [0.1, 0.15) is 6.10 Å². The van der Waals surface area contributed by atoms with E-state index in [0.717, 1.165) is 5.56 Å². The van der Waals surface area contributed by atoms with Crippen molar-refractivity contribution in [3.8, 4) is 0 Å². The molecule has 1 atom stereocenters. The Balaban J connectivity index is 2.12. The van der Waals surface area contributed by atoms with Gasteiger partial charge in [-0.25, -0.2) is 4.98 Å². The molecule has 0 aliphatic rings. The third-order valence-electron chi connectivity index (χ3n) is 2.48. The van der Waals surface area contributed by atoms with E-state index in [1.807, 2.05) is 13.1 Å². The van der Waals surface area contributed by atoms with E-state index in [9.17, 15) is 5.11 Å². The summed E-state index contributed by atoms with van der Waals surface area (Å²) in [6.07, 6.45) is 3.29. The van der Waals surface area contributed by atoms with Gasteiger partial charge in [-0.2, -0.15) is 0 Å². The molecule has 3 nitrogen and oxygen atoms in total. The second-order valence-corrected chi connectivity index (χ2v) is 4.75. The predicted octanol–water partition coefficient (Wildman–Crippen LogP) is 3.00. The van der Waals surface area contributed by atoms with Crippen molar-refractivity contribution in [3.05, 3.63) is 52.0 Å². The average molecular weight is 271 g/mol. The number of nitrogens with zero attached hydrogens (tertiary/aromatic N) is 2. The van der Waals surface area contributed by atoms with Crippen molar-refractivity contribution < 1.29 is 5.11 Å². The number of hydrogen-bond donors (Lipinski definition) is 1. The second-order valence-electron chi connectivity index (χ2n) is 3.93. The summed E-state index contributed by atoms with van der Waals surface area (Å²) in [6.45, 7) is 0. The molecule has 0 bridgehead atoms. The Hall–Kier alpha value is -1.03. The van der Waals surface area contributed by atoms with Crippen LogP contribution in [0.1, 0.15) is 17.4 Å². The molecule has 0 spiro atoms. The zero-order chi connectivity index (χ0) is 12.4. The fraction of sp³-hybridized carbons (Fsp3) is 0.250. The molecule has 0 aliphatic carbocycles. The Morgan fingerprint density at radius 1 is 1.35 bits per heavy atom. The van der Waals surface area contributed by atoms with Crippen LogP contribution in [0.3, 0.4) is 0 Å². The number of aromatic nitrogens is 2. The van der Waals surface area contributed by atoms with E-state index in [-0.39, 0.29) is 0 Å². The van der Waals surface area contributed by atoms with Crippen LogP contribution in [0, 0.1) is 0 Å². The van der Waals surface area contributed by atoms with Gasteiger partial charge >= 0.3 is 0 Å². The van der Waals surface area contributed by atoms with Gasteiger partial charge in [-0.15, -0.1) is 0 Å². The van der Waals surface area contributed by atoms with E-state index < -0.39 is 6.10 Å². The summed E-state index contributed by atoms with van der Waals surface area (Å²) in [7, 11) is 1.86. The molecular weight excluding hydrogens is 259 g/mol. The van der Waals surface area contributed by atoms with Crippen LogP contribution in [0.2, 0.25) is 10.0 Å². The normalized spacial score (nSPS) is 12.7. The molecular formula is C12H12Cl2N2O. The summed E-state index contributed by atoms with van der Waals surface area (Å²) in [6, 6.07) is 5.33. The van der Waals surface area contributed by atoms with Gasteiger partial charge < -0.3 is 9.67 Å². The molecule has 90 valence electrons. The molecule has 1 N–H and O–H groups in total. The van der Waals surface area contributed by atoms with Gasteiger partial charge in [0.2, 0.25) is 0 Å². The van der Waals surface area contributed by atoms with Crippen LogP contribution in [0.5, 0.6) is 0 Å². The summed E-state index contributed by atoms with van der Waals surface area (Å²) < 4.78 is 1.80. The van der Waals surface area contributed by atoms with E-state index in [4.69, 9.17) is 23.2 Å². The molecule has 0 saturated carbocycles. The zero-order valence-corrected chi connectivity index (χ0v) is 10.8. The summed E-state index contributed by atoms with van der Waals surface area (Å²) in [4.78, 5) is 4.11. The highest BCUT2D eigenvalue weighted by Gasteiger charge is 2.12. The van der Waals surface area contributed by atoms with Crippen molar-refractivity contribution in [2.24, 2.45) is 7.05 Å². The number of hydrogen-bond acceptors (Lipinski definition) is 2. The van der Waals surface area contributed by atoms with Crippen molar-refractivity contribution in [1.29, 1.82) is 0 Å². The lowest BCUT2D eigenvalue weighted by atomic mass is 10.1. The second kappa shape index (κ2) is 5.08. The predicted molar refractivity (Wildman–Crippen MR) is 68.3 cm³/mol. The van der Waals surface area contributed by atoms with Gasteiger partial charge in [0, 0.05) is 19.7 Å². The third-order valence-corrected chi connectivity index (χ3v) is 3.22. The first kappa shape index (κ1) is 12.4. The first-order valence-electron chi connectivity index (χ1n) is 5.16. The number of rotatable bonds is 3. The van der Waals surface area contributed by atoms with Gasteiger partial charge in [-0.1, -0.05) is 29.3 Å². The van der Waals surface area contributed by atoms with Gasteiger partial charge in [0.15, 0.2) is 0 Å². The molecule has 1 heterocycles. The minimum Gasteiger partial charge on any atom is -0.386 e. The molecule has 17 heavy (non-hydrogen) atoms. The topological polar surface area (TPSA) is 38.0 Å². The van der Waals surface area contributed by atoms with E-state index in [1.54, 1.807) is 29.2 Å². The first-order chi connectivity index (χ1) is 8.06. The third kappa shape index (κ3) is 3.00. The number of aryl methyl sites for hydroxylation is 1.